The van der Waals surface area contributed by atoms with Crippen molar-refractivity contribution in [3.05, 3.63) is 47.5 Å². The topological polar surface area (TPSA) is 49.8 Å². The fourth-order valence-electron chi connectivity index (χ4n) is 1.76. The van der Waals surface area contributed by atoms with Crippen molar-refractivity contribution in [3.63, 3.8) is 0 Å². The standard InChI is InChI=1S/C13H12N2/c1-9(15)12-4-2-3-11-6-5-10(8-14)7-13(11)12/h2-7,9H,15H2,1H3/t9-/m1/s1. The van der Waals surface area contributed by atoms with Crippen molar-refractivity contribution in [1.29, 1.82) is 5.26 Å². The minimum atomic E-state index is -0.0114. The molecule has 2 aromatic carbocycles. The molecule has 0 heterocycles. The summed E-state index contributed by atoms with van der Waals surface area (Å²) >= 11 is 0. The number of benzene rings is 2. The molecule has 2 nitrogen and oxygen atoms in total. The highest BCUT2D eigenvalue weighted by atomic mass is 14.6. The molecule has 2 N–H and O–H groups in total. The summed E-state index contributed by atoms with van der Waals surface area (Å²) in [7, 11) is 0. The normalized spacial score (nSPS) is 12.3. The van der Waals surface area contributed by atoms with Crippen LogP contribution in [0.5, 0.6) is 0 Å². The van der Waals surface area contributed by atoms with Gasteiger partial charge in [-0.2, -0.15) is 5.26 Å². The van der Waals surface area contributed by atoms with Gasteiger partial charge in [-0.1, -0.05) is 24.3 Å². The predicted molar refractivity (Wildman–Crippen MR) is 61.3 cm³/mol. The average Bonchev–Trinajstić information content (AvgIpc) is 2.27. The van der Waals surface area contributed by atoms with Crippen LogP contribution in [0, 0.1) is 11.3 Å². The van der Waals surface area contributed by atoms with Crippen LogP contribution in [0.25, 0.3) is 10.8 Å². The molecule has 2 heteroatoms. The summed E-state index contributed by atoms with van der Waals surface area (Å²) in [5, 5.41) is 11.0. The summed E-state index contributed by atoms with van der Waals surface area (Å²) in [6.45, 7) is 1.95. The van der Waals surface area contributed by atoms with Gasteiger partial charge in [-0.15, -0.1) is 0 Å². The summed E-state index contributed by atoms with van der Waals surface area (Å²) < 4.78 is 0. The molecular weight excluding hydrogens is 184 g/mol. The van der Waals surface area contributed by atoms with Gasteiger partial charge >= 0.3 is 0 Å². The van der Waals surface area contributed by atoms with Gasteiger partial charge in [0, 0.05) is 6.04 Å². The van der Waals surface area contributed by atoms with Gasteiger partial charge in [-0.25, -0.2) is 0 Å². The second-order valence-electron chi connectivity index (χ2n) is 3.68. The highest BCUT2D eigenvalue weighted by Gasteiger charge is 2.05. The molecule has 74 valence electrons. The molecule has 0 aliphatic carbocycles. The summed E-state index contributed by atoms with van der Waals surface area (Å²) in [6.07, 6.45) is 0. The molecule has 0 spiro atoms. The van der Waals surface area contributed by atoms with Crippen LogP contribution in [-0.2, 0) is 0 Å². The Hall–Kier alpha value is -1.85. The first-order valence-corrected chi connectivity index (χ1v) is 4.91. The van der Waals surface area contributed by atoms with Gasteiger partial charge in [-0.3, -0.25) is 0 Å². The maximum absolute atomic E-state index is 8.85. The van der Waals surface area contributed by atoms with E-state index in [1.54, 1.807) is 0 Å². The lowest BCUT2D eigenvalue weighted by atomic mass is 9.98. The molecule has 0 fully saturated rings. The molecular formula is C13H12N2. The highest BCUT2D eigenvalue weighted by molar-refractivity contribution is 5.87. The Balaban J connectivity index is 2.77. The zero-order valence-electron chi connectivity index (χ0n) is 8.57. The van der Waals surface area contributed by atoms with E-state index in [9.17, 15) is 0 Å². The van der Waals surface area contributed by atoms with E-state index >= 15 is 0 Å². The quantitative estimate of drug-likeness (QED) is 0.762. The summed E-state index contributed by atoms with van der Waals surface area (Å²) in [6, 6.07) is 13.8. The van der Waals surface area contributed by atoms with E-state index in [0.29, 0.717) is 5.56 Å². The number of hydrogen-bond acceptors (Lipinski definition) is 2. The van der Waals surface area contributed by atoms with Gasteiger partial charge in [0.05, 0.1) is 11.6 Å². The third-order valence-corrected chi connectivity index (χ3v) is 2.54. The van der Waals surface area contributed by atoms with Gasteiger partial charge in [0.25, 0.3) is 0 Å². The van der Waals surface area contributed by atoms with Gasteiger partial charge in [0.15, 0.2) is 0 Å². The van der Waals surface area contributed by atoms with Crippen molar-refractivity contribution < 1.29 is 0 Å². The number of nitrogens with zero attached hydrogens (tertiary/aromatic N) is 1. The van der Waals surface area contributed by atoms with Crippen LogP contribution in [0.15, 0.2) is 36.4 Å². The molecule has 1 atom stereocenters. The van der Waals surface area contributed by atoms with Gasteiger partial charge in [-0.05, 0) is 35.4 Å². The first-order chi connectivity index (χ1) is 7.22. The van der Waals surface area contributed by atoms with E-state index in [1.165, 1.54) is 0 Å². The molecule has 2 aromatic rings. The number of nitriles is 1. The van der Waals surface area contributed by atoms with Crippen LogP contribution >= 0.6 is 0 Å². The SMILES string of the molecule is C[C@@H](N)c1cccc2ccc(C#N)cc12. The molecule has 15 heavy (non-hydrogen) atoms. The summed E-state index contributed by atoms with van der Waals surface area (Å²) in [5.41, 5.74) is 7.65. The van der Waals surface area contributed by atoms with E-state index in [0.717, 1.165) is 16.3 Å². The molecule has 0 aromatic heterocycles. The third-order valence-electron chi connectivity index (χ3n) is 2.54. The van der Waals surface area contributed by atoms with Crippen molar-refractivity contribution >= 4 is 10.8 Å². The minimum absolute atomic E-state index is 0.0114. The molecule has 0 aliphatic rings. The first-order valence-electron chi connectivity index (χ1n) is 4.91. The Morgan fingerprint density at radius 2 is 2.07 bits per heavy atom. The van der Waals surface area contributed by atoms with Crippen LogP contribution in [0.3, 0.4) is 0 Å². The van der Waals surface area contributed by atoms with Crippen molar-refractivity contribution in [2.45, 2.75) is 13.0 Å². The molecule has 0 aliphatic heterocycles. The molecule has 0 unspecified atom stereocenters. The molecule has 0 amide bonds. The Kier molecular flexibility index (Phi) is 2.40. The minimum Gasteiger partial charge on any atom is -0.324 e. The van der Waals surface area contributed by atoms with Crippen LogP contribution < -0.4 is 5.73 Å². The maximum atomic E-state index is 8.85. The second-order valence-corrected chi connectivity index (χ2v) is 3.68. The maximum Gasteiger partial charge on any atom is 0.0991 e. The van der Waals surface area contributed by atoms with Gasteiger partial charge < -0.3 is 5.73 Å². The predicted octanol–water partition coefficient (Wildman–Crippen LogP) is 2.73. The number of hydrogen-bond donors (Lipinski definition) is 1. The fraction of sp³-hybridized carbons (Fsp3) is 0.154. The molecule has 0 saturated heterocycles. The van der Waals surface area contributed by atoms with E-state index in [2.05, 4.69) is 6.07 Å². The Labute approximate surface area is 88.9 Å². The van der Waals surface area contributed by atoms with Crippen molar-refractivity contribution in [3.8, 4) is 6.07 Å². The zero-order chi connectivity index (χ0) is 10.8. The van der Waals surface area contributed by atoms with Crippen molar-refractivity contribution in [1.82, 2.24) is 0 Å². The smallest absolute Gasteiger partial charge is 0.0991 e. The molecule has 2 rings (SSSR count). The monoisotopic (exact) mass is 196 g/mol. The molecule has 0 saturated carbocycles. The van der Waals surface area contributed by atoms with E-state index in [1.807, 2.05) is 43.3 Å². The number of fused-ring (bicyclic) bond motifs is 1. The largest absolute Gasteiger partial charge is 0.324 e. The van der Waals surface area contributed by atoms with Crippen LogP contribution in [0.2, 0.25) is 0 Å². The first kappa shape index (κ1) is 9.70. The Bertz CT molecular complexity index is 536. The fourth-order valence-corrected chi connectivity index (χ4v) is 1.76. The lowest BCUT2D eigenvalue weighted by molar-refractivity contribution is 0.827. The Morgan fingerprint density at radius 3 is 2.73 bits per heavy atom. The highest BCUT2D eigenvalue weighted by Crippen LogP contribution is 2.23. The van der Waals surface area contributed by atoms with Crippen molar-refractivity contribution in [2.75, 3.05) is 0 Å². The van der Waals surface area contributed by atoms with Gasteiger partial charge in [0.1, 0.15) is 0 Å². The van der Waals surface area contributed by atoms with Crippen LogP contribution in [0.1, 0.15) is 24.1 Å². The van der Waals surface area contributed by atoms with Crippen LogP contribution in [0.4, 0.5) is 0 Å². The zero-order valence-corrected chi connectivity index (χ0v) is 8.57. The van der Waals surface area contributed by atoms with E-state index < -0.39 is 0 Å². The van der Waals surface area contributed by atoms with E-state index in [-0.39, 0.29) is 6.04 Å². The lowest BCUT2D eigenvalue weighted by Crippen LogP contribution is -2.05. The second kappa shape index (κ2) is 3.72. The summed E-state index contributed by atoms with van der Waals surface area (Å²) in [4.78, 5) is 0. The van der Waals surface area contributed by atoms with Gasteiger partial charge in [0.2, 0.25) is 0 Å². The van der Waals surface area contributed by atoms with Crippen LogP contribution in [-0.4, -0.2) is 0 Å². The molecule has 0 bridgehead atoms. The number of nitrogens with two attached hydrogens (primary N) is 1. The van der Waals surface area contributed by atoms with Crippen molar-refractivity contribution in [2.24, 2.45) is 5.73 Å². The summed E-state index contributed by atoms with van der Waals surface area (Å²) in [5.74, 6) is 0. The lowest BCUT2D eigenvalue weighted by Gasteiger charge is -2.09. The van der Waals surface area contributed by atoms with E-state index in [4.69, 9.17) is 11.0 Å². The number of rotatable bonds is 1. The Morgan fingerprint density at radius 1 is 1.27 bits per heavy atom. The average molecular weight is 196 g/mol. The third kappa shape index (κ3) is 1.70. The molecule has 0 radical (unpaired) electrons.